The smallest absolute Gasteiger partial charge is 0.140 e. The van der Waals surface area contributed by atoms with Crippen LogP contribution in [0.5, 0.6) is 11.5 Å². The monoisotopic (exact) mass is 669 g/mol. The predicted molar refractivity (Wildman–Crippen MR) is 214 cm³/mol. The van der Waals surface area contributed by atoms with Gasteiger partial charge < -0.3 is 9.64 Å². The van der Waals surface area contributed by atoms with E-state index < -0.39 is 5.41 Å². The van der Waals surface area contributed by atoms with Gasteiger partial charge in [-0.3, -0.25) is 0 Å². The van der Waals surface area contributed by atoms with Crippen LogP contribution in [0.3, 0.4) is 0 Å². The third kappa shape index (κ3) is 3.81. The number of thiophene rings is 1. The minimum absolute atomic E-state index is 0.572. The van der Waals surface area contributed by atoms with Gasteiger partial charge in [-0.1, -0.05) is 140 Å². The number of hydrogen-bond acceptors (Lipinski definition) is 3. The Kier molecular flexibility index (Phi) is 5.99. The summed E-state index contributed by atoms with van der Waals surface area (Å²) in [5, 5.41) is 4.89. The first-order valence-electron chi connectivity index (χ1n) is 17.5. The second-order valence-corrected chi connectivity index (χ2v) is 14.7. The zero-order chi connectivity index (χ0) is 33.7. The molecule has 0 bridgehead atoms. The number of para-hydroxylation sites is 2. The fourth-order valence-electron chi connectivity index (χ4n) is 8.96. The van der Waals surface area contributed by atoms with E-state index in [9.17, 15) is 0 Å². The number of ether oxygens (including phenoxy) is 1. The fraction of sp³-hybridized carbons (Fsp3) is 0.0417. The Morgan fingerprint density at radius 1 is 0.490 bits per heavy atom. The fourth-order valence-corrected chi connectivity index (χ4v) is 10.2. The number of benzene rings is 8. The SMILES string of the molecule is Cc1ccccc1N(c1cccc2c1-c1ccccc1[C@@]21c2ccccc2Oc2c1ccc1ccccc21)c1cccc2c1sc1ccccc12. The van der Waals surface area contributed by atoms with Crippen molar-refractivity contribution in [2.24, 2.45) is 0 Å². The van der Waals surface area contributed by atoms with Crippen LogP contribution in [0, 0.1) is 6.92 Å². The van der Waals surface area contributed by atoms with Crippen molar-refractivity contribution in [3.05, 3.63) is 198 Å². The number of rotatable bonds is 3. The summed E-state index contributed by atoms with van der Waals surface area (Å²) in [6.07, 6.45) is 0. The summed E-state index contributed by atoms with van der Waals surface area (Å²) in [4.78, 5) is 2.52. The summed E-state index contributed by atoms with van der Waals surface area (Å²) in [6.45, 7) is 2.22. The summed E-state index contributed by atoms with van der Waals surface area (Å²) in [6, 6.07) is 62.1. The van der Waals surface area contributed by atoms with Crippen LogP contribution in [0.1, 0.15) is 27.8 Å². The Morgan fingerprint density at radius 2 is 1.16 bits per heavy atom. The number of nitrogens with zero attached hydrogens (tertiary/aromatic N) is 1. The van der Waals surface area contributed by atoms with E-state index >= 15 is 0 Å². The van der Waals surface area contributed by atoms with Crippen molar-refractivity contribution in [3.8, 4) is 22.6 Å². The zero-order valence-corrected chi connectivity index (χ0v) is 28.7. The summed E-state index contributed by atoms with van der Waals surface area (Å²) in [7, 11) is 0. The number of fused-ring (bicyclic) bond motifs is 14. The molecule has 9 aromatic rings. The maximum Gasteiger partial charge on any atom is 0.140 e. The molecule has 0 saturated heterocycles. The van der Waals surface area contributed by atoms with E-state index in [2.05, 4.69) is 182 Å². The van der Waals surface area contributed by atoms with E-state index in [0.717, 1.165) is 16.9 Å². The average Bonchev–Trinajstić information content (AvgIpc) is 3.71. The molecule has 0 N–H and O–H groups in total. The average molecular weight is 670 g/mol. The van der Waals surface area contributed by atoms with Gasteiger partial charge in [0.25, 0.3) is 0 Å². The molecule has 0 amide bonds. The van der Waals surface area contributed by atoms with Gasteiger partial charge in [0, 0.05) is 43.2 Å². The molecule has 240 valence electrons. The molecule has 0 radical (unpaired) electrons. The second kappa shape index (κ2) is 10.7. The van der Waals surface area contributed by atoms with Crippen molar-refractivity contribution >= 4 is 59.3 Å². The summed E-state index contributed by atoms with van der Waals surface area (Å²) in [5.74, 6) is 1.84. The van der Waals surface area contributed by atoms with E-state index in [1.807, 2.05) is 11.3 Å². The molecule has 2 nitrogen and oxygen atoms in total. The summed E-state index contributed by atoms with van der Waals surface area (Å²) >= 11 is 1.88. The van der Waals surface area contributed by atoms with Crippen molar-refractivity contribution in [1.29, 1.82) is 0 Å². The largest absolute Gasteiger partial charge is 0.456 e. The van der Waals surface area contributed by atoms with Crippen molar-refractivity contribution < 1.29 is 4.74 Å². The van der Waals surface area contributed by atoms with Crippen molar-refractivity contribution in [3.63, 3.8) is 0 Å². The van der Waals surface area contributed by atoms with Crippen LogP contribution in [0.2, 0.25) is 0 Å². The molecular weight excluding hydrogens is 639 g/mol. The van der Waals surface area contributed by atoms with Gasteiger partial charge in [0.05, 0.1) is 21.5 Å². The Labute approximate surface area is 300 Å². The standard InChI is InChI=1S/C48H31NOS/c1-30-14-2-9-23-40(30)49(42-25-12-19-34-33-17-6-11-27-44(33)51-47(34)42)41-24-13-22-38-45(41)35-18-5-7-20-36(35)48(38)37-21-8-10-26-43(37)50-46-32-16-4-3-15-31(32)28-29-39(46)48/h2-29H,1H3/t48-/m1/s1. The van der Waals surface area contributed by atoms with Crippen LogP contribution in [-0.2, 0) is 5.41 Å². The van der Waals surface area contributed by atoms with Gasteiger partial charge in [-0.05, 0) is 64.9 Å². The van der Waals surface area contributed by atoms with Gasteiger partial charge in [0.2, 0.25) is 0 Å². The highest BCUT2D eigenvalue weighted by Crippen LogP contribution is 2.65. The van der Waals surface area contributed by atoms with Gasteiger partial charge in [0.1, 0.15) is 11.5 Å². The molecule has 1 spiro atoms. The van der Waals surface area contributed by atoms with E-state index in [-0.39, 0.29) is 0 Å². The third-order valence-electron chi connectivity index (χ3n) is 11.1. The lowest BCUT2D eigenvalue weighted by Crippen LogP contribution is -2.32. The number of anilines is 3. The van der Waals surface area contributed by atoms with E-state index in [1.54, 1.807) is 0 Å². The molecule has 1 aliphatic carbocycles. The lowest BCUT2D eigenvalue weighted by Gasteiger charge is -2.40. The van der Waals surface area contributed by atoms with Crippen LogP contribution in [0.15, 0.2) is 170 Å². The molecular formula is C48H31NOS. The van der Waals surface area contributed by atoms with Gasteiger partial charge in [0.15, 0.2) is 0 Å². The number of aryl methyl sites for hydroxylation is 1. The minimum atomic E-state index is -0.572. The molecule has 0 saturated carbocycles. The summed E-state index contributed by atoms with van der Waals surface area (Å²) in [5.41, 5.74) is 11.6. The van der Waals surface area contributed by atoms with Crippen molar-refractivity contribution in [2.75, 3.05) is 4.90 Å². The molecule has 3 heteroatoms. The molecule has 11 rings (SSSR count). The van der Waals surface area contributed by atoms with E-state index in [4.69, 9.17) is 4.74 Å². The Morgan fingerprint density at radius 3 is 2.08 bits per heavy atom. The highest BCUT2D eigenvalue weighted by atomic mass is 32.1. The molecule has 1 aliphatic heterocycles. The first-order valence-corrected chi connectivity index (χ1v) is 18.3. The highest BCUT2D eigenvalue weighted by Gasteiger charge is 2.52. The molecule has 51 heavy (non-hydrogen) atoms. The third-order valence-corrected chi connectivity index (χ3v) is 12.3. The first-order chi connectivity index (χ1) is 25.2. The molecule has 0 fully saturated rings. The maximum atomic E-state index is 6.91. The molecule has 1 aromatic heterocycles. The lowest BCUT2D eigenvalue weighted by molar-refractivity contribution is 0.441. The number of hydrogen-bond donors (Lipinski definition) is 0. The molecule has 1 atom stereocenters. The lowest BCUT2D eigenvalue weighted by atomic mass is 9.65. The van der Waals surface area contributed by atoms with Gasteiger partial charge in [-0.15, -0.1) is 11.3 Å². The van der Waals surface area contributed by atoms with Crippen LogP contribution in [0.25, 0.3) is 42.1 Å². The Hall–Kier alpha value is -6.16. The van der Waals surface area contributed by atoms with E-state index in [0.29, 0.717) is 0 Å². The minimum Gasteiger partial charge on any atom is -0.456 e. The predicted octanol–water partition coefficient (Wildman–Crippen LogP) is 13.5. The van der Waals surface area contributed by atoms with E-state index in [1.165, 1.54) is 81.6 Å². The summed E-state index contributed by atoms with van der Waals surface area (Å²) < 4.78 is 9.49. The zero-order valence-electron chi connectivity index (χ0n) is 27.9. The van der Waals surface area contributed by atoms with Crippen molar-refractivity contribution in [2.45, 2.75) is 12.3 Å². The Bertz CT molecular complexity index is 2880. The molecule has 2 aliphatic rings. The quantitative estimate of drug-likeness (QED) is 0.186. The van der Waals surface area contributed by atoms with Crippen LogP contribution in [0.4, 0.5) is 17.1 Å². The highest BCUT2D eigenvalue weighted by molar-refractivity contribution is 7.26. The van der Waals surface area contributed by atoms with Gasteiger partial charge in [-0.25, -0.2) is 0 Å². The topological polar surface area (TPSA) is 12.5 Å². The van der Waals surface area contributed by atoms with Crippen LogP contribution in [-0.4, -0.2) is 0 Å². The molecule has 8 aromatic carbocycles. The molecule has 2 heterocycles. The molecule has 0 unspecified atom stereocenters. The van der Waals surface area contributed by atoms with Crippen LogP contribution < -0.4 is 9.64 Å². The normalized spacial score (nSPS) is 15.4. The van der Waals surface area contributed by atoms with Crippen molar-refractivity contribution in [1.82, 2.24) is 0 Å². The maximum absolute atomic E-state index is 6.91. The second-order valence-electron chi connectivity index (χ2n) is 13.6. The van der Waals surface area contributed by atoms with Gasteiger partial charge >= 0.3 is 0 Å². The first kappa shape index (κ1) is 28.7. The van der Waals surface area contributed by atoms with Gasteiger partial charge in [-0.2, -0.15) is 0 Å². The Balaban J connectivity index is 1.28. The van der Waals surface area contributed by atoms with Crippen LogP contribution >= 0.6 is 11.3 Å².